The van der Waals surface area contributed by atoms with Gasteiger partial charge in [0, 0.05) is 11.1 Å². The number of fused-ring (bicyclic) bond motifs is 2. The molecule has 5 rings (SSSR count). The predicted octanol–water partition coefficient (Wildman–Crippen LogP) is 18.1. The number of ether oxygens (including phenoxy) is 6. The maximum Gasteiger partial charge on any atom is 0.204 e. The smallest absolute Gasteiger partial charge is 0.204 e. The lowest BCUT2D eigenvalue weighted by molar-refractivity contribution is 0.0967. The molecule has 4 aromatic rings. The lowest BCUT2D eigenvalue weighted by Crippen LogP contribution is -2.25. The molecule has 4 aromatic carbocycles. The van der Waals surface area contributed by atoms with E-state index in [-0.39, 0.29) is 58.5 Å². The van der Waals surface area contributed by atoms with E-state index in [4.69, 9.17) is 28.4 Å². The van der Waals surface area contributed by atoms with Gasteiger partial charge < -0.3 is 28.4 Å². The first-order valence-electron chi connectivity index (χ1n) is 28.9. The zero-order valence-electron chi connectivity index (χ0n) is 45.2. The summed E-state index contributed by atoms with van der Waals surface area (Å²) in [4.78, 5) is 31.2. The minimum atomic E-state index is -0.356. The number of ketones is 2. The first kappa shape index (κ1) is 57.9. The summed E-state index contributed by atoms with van der Waals surface area (Å²) in [6.45, 7) is 11.0. The fourth-order valence-corrected chi connectivity index (χ4v) is 9.48. The van der Waals surface area contributed by atoms with Gasteiger partial charge in [-0.2, -0.15) is 0 Å². The zero-order chi connectivity index (χ0) is 50.9. The van der Waals surface area contributed by atoms with E-state index in [1.54, 1.807) is 12.1 Å². The quantitative estimate of drug-likeness (QED) is 0.0357. The van der Waals surface area contributed by atoms with Gasteiger partial charge in [-0.25, -0.2) is 0 Å². The third-order valence-corrected chi connectivity index (χ3v) is 13.8. The minimum Gasteiger partial charge on any atom is -0.490 e. The van der Waals surface area contributed by atoms with E-state index in [1.807, 2.05) is 60.7 Å². The van der Waals surface area contributed by atoms with Crippen molar-refractivity contribution >= 4 is 11.6 Å². The van der Waals surface area contributed by atoms with Crippen molar-refractivity contribution in [3.63, 3.8) is 0 Å². The van der Waals surface area contributed by atoms with E-state index in [0.29, 0.717) is 49.4 Å². The molecule has 72 heavy (non-hydrogen) atoms. The largest absolute Gasteiger partial charge is 0.490 e. The molecule has 0 atom stereocenters. The van der Waals surface area contributed by atoms with Gasteiger partial charge in [-0.1, -0.05) is 242 Å². The highest BCUT2D eigenvalue weighted by Gasteiger charge is 2.41. The van der Waals surface area contributed by atoms with Gasteiger partial charge in [0.25, 0.3) is 0 Å². The normalized spacial score (nSPS) is 11.9. The fraction of sp³-hybridized carbons (Fsp3) is 0.594. The first-order valence-corrected chi connectivity index (χ1v) is 28.9. The summed E-state index contributed by atoms with van der Waals surface area (Å²) in [5, 5.41) is 0. The second kappa shape index (κ2) is 35.2. The molecule has 8 heteroatoms. The van der Waals surface area contributed by atoms with Crippen LogP contribution in [-0.2, 0) is 13.2 Å². The Kier molecular flexibility index (Phi) is 28.3. The van der Waals surface area contributed by atoms with Crippen LogP contribution >= 0.6 is 0 Å². The SMILES string of the molecule is CCCCCCCCCOc1cc2c(c(OCc3ccccc3)c1OCCCCCCCCC)C(=O)c1cc(OCCCCCCCCC)c(OCCCCCCCCC)c(OCc3ccccc3)c1C2=O. The Morgan fingerprint density at radius 2 is 0.583 bits per heavy atom. The molecule has 0 aromatic heterocycles. The lowest BCUT2D eigenvalue weighted by atomic mass is 9.82. The van der Waals surface area contributed by atoms with Crippen LogP contribution in [0.25, 0.3) is 0 Å². The number of benzene rings is 4. The Hall–Kier alpha value is -4.98. The summed E-state index contributed by atoms with van der Waals surface area (Å²) in [5.74, 6) is 1.31. The molecule has 0 fully saturated rings. The highest BCUT2D eigenvalue weighted by Crippen LogP contribution is 2.51. The number of hydrogen-bond donors (Lipinski definition) is 0. The van der Waals surface area contributed by atoms with Crippen molar-refractivity contribution in [2.45, 2.75) is 221 Å². The standard InChI is InChI=1S/C64H92O8/c1-5-9-13-17-21-25-35-43-67-55-47-53-57(63(71-49-51-39-31-29-32-40-51)61(55)69-45-37-27-23-19-15-11-7-3)60(66)54-48-56(68-44-36-26-22-18-14-10-6-2)62(70-46-38-28-24-20-16-12-8-4)64(58(54)59(53)65)72-50-52-41-33-30-34-42-52/h29-34,39-42,47-48H,5-28,35-38,43-46,49-50H2,1-4H3. The Balaban J connectivity index is 1.58. The molecule has 0 bridgehead atoms. The summed E-state index contributed by atoms with van der Waals surface area (Å²) in [6, 6.07) is 23.2. The molecular formula is C64H92O8. The summed E-state index contributed by atoms with van der Waals surface area (Å²) < 4.78 is 40.2. The summed E-state index contributed by atoms with van der Waals surface area (Å²) in [7, 11) is 0. The third kappa shape index (κ3) is 19.5. The maximum absolute atomic E-state index is 15.6. The highest BCUT2D eigenvalue weighted by molar-refractivity contribution is 6.31. The van der Waals surface area contributed by atoms with E-state index < -0.39 is 0 Å². The van der Waals surface area contributed by atoms with Crippen molar-refractivity contribution in [3.8, 4) is 34.5 Å². The molecule has 396 valence electrons. The molecule has 0 saturated carbocycles. The molecule has 0 aliphatic heterocycles. The molecule has 0 N–H and O–H groups in total. The minimum absolute atomic E-state index is 0.167. The first-order chi connectivity index (χ1) is 35.5. The molecule has 0 unspecified atom stereocenters. The van der Waals surface area contributed by atoms with Crippen molar-refractivity contribution in [1.82, 2.24) is 0 Å². The van der Waals surface area contributed by atoms with Crippen LogP contribution in [0.3, 0.4) is 0 Å². The topological polar surface area (TPSA) is 89.5 Å². The Bertz CT molecular complexity index is 1960. The molecule has 8 nitrogen and oxygen atoms in total. The second-order valence-corrected chi connectivity index (χ2v) is 20.0. The van der Waals surface area contributed by atoms with Gasteiger partial charge in [0.2, 0.25) is 11.5 Å². The van der Waals surface area contributed by atoms with Gasteiger partial charge >= 0.3 is 0 Å². The molecule has 0 radical (unpaired) electrons. The molecule has 0 saturated heterocycles. The number of rotatable bonds is 42. The van der Waals surface area contributed by atoms with Gasteiger partial charge in [-0.3, -0.25) is 9.59 Å². The molecule has 1 aliphatic carbocycles. The van der Waals surface area contributed by atoms with Crippen LogP contribution in [0, 0.1) is 0 Å². The van der Waals surface area contributed by atoms with Crippen molar-refractivity contribution in [2.75, 3.05) is 26.4 Å². The van der Waals surface area contributed by atoms with Crippen LogP contribution in [0.2, 0.25) is 0 Å². The Morgan fingerprint density at radius 3 is 0.889 bits per heavy atom. The summed E-state index contributed by atoms with van der Waals surface area (Å²) in [5.41, 5.74) is 2.60. The highest BCUT2D eigenvalue weighted by atomic mass is 16.5. The monoisotopic (exact) mass is 989 g/mol. The van der Waals surface area contributed by atoms with Crippen LogP contribution in [0.1, 0.15) is 250 Å². The van der Waals surface area contributed by atoms with Crippen LogP contribution in [0.15, 0.2) is 72.8 Å². The Labute approximate surface area is 435 Å². The molecule has 0 heterocycles. The van der Waals surface area contributed by atoms with Gasteiger partial charge in [0.1, 0.15) is 13.2 Å². The van der Waals surface area contributed by atoms with Crippen LogP contribution in [0.5, 0.6) is 34.5 Å². The second-order valence-electron chi connectivity index (χ2n) is 20.0. The molecule has 0 spiro atoms. The van der Waals surface area contributed by atoms with Gasteiger partial charge in [-0.15, -0.1) is 0 Å². The number of hydrogen-bond acceptors (Lipinski definition) is 8. The van der Waals surface area contributed by atoms with E-state index in [9.17, 15) is 0 Å². The van der Waals surface area contributed by atoms with E-state index in [1.165, 1.54) is 103 Å². The number of carbonyl (C=O) groups is 2. The van der Waals surface area contributed by atoms with Crippen molar-refractivity contribution in [3.05, 3.63) is 106 Å². The summed E-state index contributed by atoms with van der Waals surface area (Å²) in [6.07, 6.45) is 31.8. The van der Waals surface area contributed by atoms with E-state index >= 15 is 9.59 Å². The van der Waals surface area contributed by atoms with Gasteiger partial charge in [0.15, 0.2) is 34.6 Å². The Morgan fingerprint density at radius 1 is 0.306 bits per heavy atom. The summed E-state index contributed by atoms with van der Waals surface area (Å²) >= 11 is 0. The van der Waals surface area contributed by atoms with Crippen molar-refractivity contribution in [1.29, 1.82) is 0 Å². The maximum atomic E-state index is 15.6. The van der Waals surface area contributed by atoms with Crippen LogP contribution in [-0.4, -0.2) is 38.0 Å². The lowest BCUT2D eigenvalue weighted by Gasteiger charge is -2.27. The average molecular weight is 989 g/mol. The zero-order valence-corrected chi connectivity index (χ0v) is 45.2. The number of unbranched alkanes of at least 4 members (excludes halogenated alkanes) is 24. The van der Waals surface area contributed by atoms with Crippen LogP contribution in [0.4, 0.5) is 0 Å². The van der Waals surface area contributed by atoms with Crippen molar-refractivity contribution in [2.24, 2.45) is 0 Å². The van der Waals surface area contributed by atoms with Gasteiger partial charge in [0.05, 0.1) is 37.6 Å². The van der Waals surface area contributed by atoms with Crippen molar-refractivity contribution < 1.29 is 38.0 Å². The average Bonchev–Trinajstić information content (AvgIpc) is 3.40. The van der Waals surface area contributed by atoms with E-state index in [0.717, 1.165) is 88.2 Å². The van der Waals surface area contributed by atoms with Crippen LogP contribution < -0.4 is 28.4 Å². The third-order valence-electron chi connectivity index (χ3n) is 13.8. The fourth-order valence-electron chi connectivity index (χ4n) is 9.48. The number of carbonyl (C=O) groups excluding carboxylic acids is 2. The van der Waals surface area contributed by atoms with Gasteiger partial charge in [-0.05, 0) is 48.9 Å². The molecule has 0 amide bonds. The predicted molar refractivity (Wildman–Crippen MR) is 295 cm³/mol. The molecule has 1 aliphatic rings. The van der Waals surface area contributed by atoms with E-state index in [2.05, 4.69) is 27.7 Å². The molecular weight excluding hydrogens is 897 g/mol.